The molecule has 1 spiro atoms. The van der Waals surface area contributed by atoms with E-state index in [2.05, 4.69) is 45.9 Å². The first kappa shape index (κ1) is 20.5. The van der Waals surface area contributed by atoms with E-state index in [0.29, 0.717) is 51.4 Å². The maximum absolute atomic E-state index is 12.8. The van der Waals surface area contributed by atoms with Crippen molar-refractivity contribution >= 4 is 41.6 Å². The molecule has 148 valence electrons. The lowest BCUT2D eigenvalue weighted by molar-refractivity contribution is -0.136. The van der Waals surface area contributed by atoms with E-state index in [1.807, 2.05) is 6.07 Å². The van der Waals surface area contributed by atoms with Gasteiger partial charge in [-0.05, 0) is 52.9 Å². The average Bonchev–Trinajstić information content (AvgIpc) is 2.73. The first-order valence-electron chi connectivity index (χ1n) is 9.50. The molecule has 1 fully saturated rings. The van der Waals surface area contributed by atoms with Crippen molar-refractivity contribution in [2.75, 3.05) is 25.2 Å². The van der Waals surface area contributed by atoms with Crippen molar-refractivity contribution in [3.8, 4) is 0 Å². The highest BCUT2D eigenvalue weighted by Crippen LogP contribution is 2.41. The minimum atomic E-state index is -1.14. The van der Waals surface area contributed by atoms with Crippen LogP contribution in [0.5, 0.6) is 0 Å². The summed E-state index contributed by atoms with van der Waals surface area (Å²) in [4.78, 5) is 31.4. The van der Waals surface area contributed by atoms with E-state index in [1.165, 1.54) is 0 Å². The third-order valence-electron chi connectivity index (χ3n) is 5.45. The molecule has 0 aliphatic carbocycles. The van der Waals surface area contributed by atoms with E-state index in [0.717, 1.165) is 16.1 Å². The summed E-state index contributed by atoms with van der Waals surface area (Å²) in [6, 6.07) is 3.09. The van der Waals surface area contributed by atoms with E-state index in [9.17, 15) is 9.59 Å². The van der Waals surface area contributed by atoms with Crippen LogP contribution in [0.25, 0.3) is 0 Å². The second-order valence-corrected chi connectivity index (χ2v) is 15.4. The molecule has 0 radical (unpaired) electrons. The molecule has 1 N–H and O–H groups in total. The molecule has 3 heterocycles. The number of carbonyl (C=O) groups excluding carboxylic acids is 2. The lowest BCUT2D eigenvalue weighted by Gasteiger charge is -2.35. The van der Waals surface area contributed by atoms with Crippen LogP contribution >= 0.6 is 15.9 Å². The number of rotatable bonds is 5. The fourth-order valence-electron chi connectivity index (χ4n) is 3.61. The Bertz CT molecular complexity index is 737. The number of halogens is 1. The molecule has 1 aromatic rings. The summed E-state index contributed by atoms with van der Waals surface area (Å²) in [6.07, 6.45) is 3.90. The highest BCUT2D eigenvalue weighted by molar-refractivity contribution is 9.10. The predicted molar refractivity (Wildman–Crippen MR) is 111 cm³/mol. The molecule has 0 saturated carbocycles. The number of nitrogens with one attached hydrogen (secondary N) is 1. The maximum Gasteiger partial charge on any atom is 0.232 e. The van der Waals surface area contributed by atoms with Gasteiger partial charge in [-0.25, -0.2) is 4.98 Å². The second-order valence-electron chi connectivity index (χ2n) is 8.83. The van der Waals surface area contributed by atoms with Crippen molar-refractivity contribution in [1.29, 1.82) is 0 Å². The molecule has 27 heavy (non-hydrogen) atoms. The molecule has 2 amide bonds. The van der Waals surface area contributed by atoms with Crippen molar-refractivity contribution < 1.29 is 14.3 Å². The summed E-state index contributed by atoms with van der Waals surface area (Å²) in [5.74, 6) is 0.695. The Morgan fingerprint density at radius 3 is 2.85 bits per heavy atom. The number of hydrogen-bond donors (Lipinski definition) is 1. The quantitative estimate of drug-likeness (QED) is 0.545. The molecule has 1 saturated heterocycles. The van der Waals surface area contributed by atoms with Crippen LogP contribution in [0.3, 0.4) is 0 Å². The van der Waals surface area contributed by atoms with Gasteiger partial charge in [0.1, 0.15) is 12.5 Å². The van der Waals surface area contributed by atoms with Gasteiger partial charge in [-0.15, -0.1) is 0 Å². The molecule has 8 heteroatoms. The first-order valence-corrected chi connectivity index (χ1v) is 14.0. The van der Waals surface area contributed by atoms with Gasteiger partial charge in [-0.1, -0.05) is 19.6 Å². The smallest absolute Gasteiger partial charge is 0.232 e. The molecule has 0 aromatic carbocycles. The zero-order chi connectivity index (χ0) is 19.7. The SMILES string of the molecule is C[Si](C)(C)CCOCN1CCC2(CCC1=O)Cc1cc(Br)cnc1NC2=O. The average molecular weight is 454 g/mol. The summed E-state index contributed by atoms with van der Waals surface area (Å²) < 4.78 is 6.67. The number of carbonyl (C=O) groups is 2. The van der Waals surface area contributed by atoms with Gasteiger partial charge >= 0.3 is 0 Å². The highest BCUT2D eigenvalue weighted by Gasteiger charge is 2.44. The van der Waals surface area contributed by atoms with E-state index in [-0.39, 0.29) is 11.8 Å². The summed E-state index contributed by atoms with van der Waals surface area (Å²) in [5.41, 5.74) is 0.481. The standard InChI is InChI=1S/C19H28BrN3O3Si/c1-27(2,3)9-8-26-13-23-7-6-19(5-4-16(23)24)11-14-10-15(20)12-21-17(14)22-18(19)25/h10,12H,4-9,11,13H2,1-3H3,(H,21,22,25). The molecular weight excluding hydrogens is 426 g/mol. The maximum atomic E-state index is 12.8. The van der Waals surface area contributed by atoms with Gasteiger partial charge in [0.25, 0.3) is 0 Å². The first-order chi connectivity index (χ1) is 12.7. The lowest BCUT2D eigenvalue weighted by atomic mass is 9.73. The van der Waals surface area contributed by atoms with Crippen LogP contribution in [-0.2, 0) is 20.7 Å². The molecule has 2 aliphatic rings. The summed E-state index contributed by atoms with van der Waals surface area (Å²) in [7, 11) is -1.14. The van der Waals surface area contributed by atoms with Gasteiger partial charge in [-0.3, -0.25) is 9.59 Å². The molecule has 0 bridgehead atoms. The fourth-order valence-corrected chi connectivity index (χ4v) is 4.75. The zero-order valence-electron chi connectivity index (χ0n) is 16.3. The van der Waals surface area contributed by atoms with Crippen LogP contribution in [0.1, 0.15) is 24.8 Å². The summed E-state index contributed by atoms with van der Waals surface area (Å²) in [5, 5.41) is 2.95. The van der Waals surface area contributed by atoms with Crippen LogP contribution in [0.4, 0.5) is 5.82 Å². The summed E-state index contributed by atoms with van der Waals surface area (Å²) >= 11 is 3.45. The Labute approximate surface area is 170 Å². The Morgan fingerprint density at radius 2 is 2.11 bits per heavy atom. The van der Waals surface area contributed by atoms with Gasteiger partial charge < -0.3 is 15.0 Å². The number of pyridine rings is 1. The van der Waals surface area contributed by atoms with E-state index < -0.39 is 13.5 Å². The molecule has 6 nitrogen and oxygen atoms in total. The van der Waals surface area contributed by atoms with Gasteiger partial charge in [0, 0.05) is 38.3 Å². The van der Waals surface area contributed by atoms with Crippen LogP contribution in [-0.4, -0.2) is 49.7 Å². The number of anilines is 1. The normalized spacial score (nSPS) is 23.2. The molecule has 1 aromatic heterocycles. The minimum Gasteiger partial charge on any atom is -0.361 e. The minimum absolute atomic E-state index is 0.0147. The highest BCUT2D eigenvalue weighted by atomic mass is 79.9. The number of aromatic nitrogens is 1. The third-order valence-corrected chi connectivity index (χ3v) is 7.59. The number of nitrogens with zero attached hydrogens (tertiary/aromatic N) is 2. The van der Waals surface area contributed by atoms with Crippen LogP contribution in [0, 0.1) is 5.41 Å². The largest absolute Gasteiger partial charge is 0.361 e. The number of ether oxygens (including phenoxy) is 1. The van der Waals surface area contributed by atoms with Crippen molar-refractivity contribution in [3.63, 3.8) is 0 Å². The number of amides is 2. The number of fused-ring (bicyclic) bond motifs is 1. The summed E-state index contributed by atoms with van der Waals surface area (Å²) in [6.45, 7) is 8.50. The van der Waals surface area contributed by atoms with E-state index in [1.54, 1.807) is 11.1 Å². The van der Waals surface area contributed by atoms with Gasteiger partial charge in [0.05, 0.1) is 5.41 Å². The molecule has 1 atom stereocenters. The Morgan fingerprint density at radius 1 is 1.33 bits per heavy atom. The predicted octanol–water partition coefficient (Wildman–Crippen LogP) is 3.65. The topological polar surface area (TPSA) is 71.5 Å². The van der Waals surface area contributed by atoms with Gasteiger partial charge in [0.2, 0.25) is 11.8 Å². The molecule has 2 aliphatic heterocycles. The third kappa shape index (κ3) is 4.97. The monoisotopic (exact) mass is 453 g/mol. The Hall–Kier alpha value is -1.25. The second kappa shape index (κ2) is 8.01. The zero-order valence-corrected chi connectivity index (χ0v) is 18.9. The van der Waals surface area contributed by atoms with Crippen molar-refractivity contribution in [2.45, 2.75) is 51.4 Å². The number of likely N-dealkylation sites (tertiary alicyclic amines) is 1. The lowest BCUT2D eigenvalue weighted by Crippen LogP contribution is -2.43. The number of hydrogen-bond acceptors (Lipinski definition) is 4. The fraction of sp³-hybridized carbons (Fsp3) is 0.632. The van der Waals surface area contributed by atoms with Crippen LogP contribution in [0.2, 0.25) is 25.7 Å². The van der Waals surface area contributed by atoms with E-state index >= 15 is 0 Å². The Kier molecular flexibility index (Phi) is 6.07. The molecule has 1 unspecified atom stereocenters. The van der Waals surface area contributed by atoms with E-state index in [4.69, 9.17) is 4.74 Å². The van der Waals surface area contributed by atoms with Crippen LogP contribution < -0.4 is 5.32 Å². The Balaban J connectivity index is 1.64. The van der Waals surface area contributed by atoms with Crippen molar-refractivity contribution in [3.05, 3.63) is 22.3 Å². The molecular formula is C19H28BrN3O3Si. The van der Waals surface area contributed by atoms with Gasteiger partial charge in [-0.2, -0.15) is 0 Å². The van der Waals surface area contributed by atoms with Gasteiger partial charge in [0.15, 0.2) is 0 Å². The van der Waals surface area contributed by atoms with Crippen molar-refractivity contribution in [2.24, 2.45) is 5.41 Å². The molecule has 3 rings (SSSR count). The van der Waals surface area contributed by atoms with Crippen molar-refractivity contribution in [1.82, 2.24) is 9.88 Å². The van der Waals surface area contributed by atoms with Crippen LogP contribution in [0.15, 0.2) is 16.7 Å².